The number of nitrogens with two attached hydrogens (primary N) is 1. The maximum atomic E-state index is 5.85. The summed E-state index contributed by atoms with van der Waals surface area (Å²) in [5, 5.41) is 8.55. The summed E-state index contributed by atoms with van der Waals surface area (Å²) in [5.74, 6) is 0.792. The first kappa shape index (κ1) is 15.2. The molecule has 0 aliphatic rings. The third-order valence-corrected chi connectivity index (χ3v) is 3.54. The molecule has 1 aromatic heterocycles. The van der Waals surface area contributed by atoms with Crippen LogP contribution in [0.3, 0.4) is 0 Å². The first-order valence-electron chi connectivity index (χ1n) is 7.77. The van der Waals surface area contributed by atoms with E-state index < -0.39 is 0 Å². The monoisotopic (exact) mass is 308 g/mol. The van der Waals surface area contributed by atoms with Gasteiger partial charge in [-0.2, -0.15) is 0 Å². The summed E-state index contributed by atoms with van der Waals surface area (Å²) in [6.07, 6.45) is 0.950. The molecule has 1 heterocycles. The zero-order chi connectivity index (χ0) is 16.1. The Morgan fingerprint density at radius 1 is 1.04 bits per heavy atom. The van der Waals surface area contributed by atoms with Gasteiger partial charge in [0.15, 0.2) is 0 Å². The Labute approximate surface area is 135 Å². The topological polar surface area (TPSA) is 66.0 Å². The van der Waals surface area contributed by atoms with Crippen LogP contribution in [0, 0.1) is 0 Å². The molecule has 0 saturated heterocycles. The third kappa shape index (κ3) is 3.10. The SMILES string of the molecule is CCCOc1ccccc1-n1nnc(CN)c1-c1ccccc1. The van der Waals surface area contributed by atoms with E-state index in [4.69, 9.17) is 10.5 Å². The van der Waals surface area contributed by atoms with Crippen LogP contribution in [0.15, 0.2) is 54.6 Å². The van der Waals surface area contributed by atoms with Gasteiger partial charge in [0.05, 0.1) is 12.3 Å². The van der Waals surface area contributed by atoms with Gasteiger partial charge in [0, 0.05) is 12.1 Å². The van der Waals surface area contributed by atoms with Crippen molar-refractivity contribution in [3.05, 3.63) is 60.3 Å². The maximum absolute atomic E-state index is 5.85. The number of ether oxygens (including phenoxy) is 1. The number of benzene rings is 2. The lowest BCUT2D eigenvalue weighted by molar-refractivity contribution is 0.316. The molecule has 0 aliphatic heterocycles. The molecular formula is C18H20N4O. The van der Waals surface area contributed by atoms with Crippen molar-refractivity contribution in [2.24, 2.45) is 5.73 Å². The minimum Gasteiger partial charge on any atom is -0.491 e. The van der Waals surface area contributed by atoms with Gasteiger partial charge in [-0.1, -0.05) is 54.6 Å². The van der Waals surface area contributed by atoms with E-state index in [9.17, 15) is 0 Å². The molecule has 5 heteroatoms. The second kappa shape index (κ2) is 7.07. The Bertz CT molecular complexity index is 768. The fraction of sp³-hybridized carbons (Fsp3) is 0.222. The van der Waals surface area contributed by atoms with E-state index in [-0.39, 0.29) is 0 Å². The van der Waals surface area contributed by atoms with E-state index in [0.717, 1.165) is 34.8 Å². The molecule has 2 N–H and O–H groups in total. The van der Waals surface area contributed by atoms with Crippen LogP contribution in [0.5, 0.6) is 5.75 Å². The molecule has 0 amide bonds. The van der Waals surface area contributed by atoms with Crippen molar-refractivity contribution in [3.63, 3.8) is 0 Å². The minimum absolute atomic E-state index is 0.336. The number of rotatable bonds is 6. The Morgan fingerprint density at radius 2 is 1.78 bits per heavy atom. The van der Waals surface area contributed by atoms with Gasteiger partial charge in [0.2, 0.25) is 0 Å². The number of aromatic nitrogens is 3. The zero-order valence-corrected chi connectivity index (χ0v) is 13.1. The second-order valence-electron chi connectivity index (χ2n) is 5.18. The number of hydrogen-bond acceptors (Lipinski definition) is 4. The van der Waals surface area contributed by atoms with Crippen molar-refractivity contribution >= 4 is 0 Å². The molecule has 0 spiro atoms. The summed E-state index contributed by atoms with van der Waals surface area (Å²) < 4.78 is 7.66. The molecule has 5 nitrogen and oxygen atoms in total. The molecule has 0 saturated carbocycles. The van der Waals surface area contributed by atoms with Crippen LogP contribution in [0.25, 0.3) is 16.9 Å². The molecule has 0 unspecified atom stereocenters. The summed E-state index contributed by atoms with van der Waals surface area (Å²) in [6, 6.07) is 17.9. The Balaban J connectivity index is 2.13. The van der Waals surface area contributed by atoms with Crippen molar-refractivity contribution in [1.29, 1.82) is 0 Å². The van der Waals surface area contributed by atoms with Crippen molar-refractivity contribution in [2.75, 3.05) is 6.61 Å². The van der Waals surface area contributed by atoms with E-state index in [0.29, 0.717) is 13.2 Å². The number of para-hydroxylation sites is 2. The van der Waals surface area contributed by atoms with E-state index in [1.165, 1.54) is 0 Å². The maximum Gasteiger partial charge on any atom is 0.145 e. The van der Waals surface area contributed by atoms with E-state index in [2.05, 4.69) is 17.2 Å². The Kier molecular flexibility index (Phi) is 4.68. The fourth-order valence-corrected chi connectivity index (χ4v) is 2.47. The van der Waals surface area contributed by atoms with Crippen molar-refractivity contribution in [2.45, 2.75) is 19.9 Å². The molecule has 23 heavy (non-hydrogen) atoms. The number of nitrogens with zero attached hydrogens (tertiary/aromatic N) is 3. The van der Waals surface area contributed by atoms with Crippen LogP contribution in [0.2, 0.25) is 0 Å². The Hall–Kier alpha value is -2.66. The quantitative estimate of drug-likeness (QED) is 0.759. The molecule has 0 bridgehead atoms. The molecule has 2 aromatic carbocycles. The van der Waals surface area contributed by atoms with Gasteiger partial charge in [-0.15, -0.1) is 5.10 Å². The molecule has 3 rings (SSSR count). The molecule has 0 atom stereocenters. The summed E-state index contributed by atoms with van der Waals surface area (Å²) in [6.45, 7) is 3.08. The lowest BCUT2D eigenvalue weighted by Crippen LogP contribution is -2.05. The van der Waals surface area contributed by atoms with Crippen molar-refractivity contribution in [3.8, 4) is 22.7 Å². The highest BCUT2D eigenvalue weighted by atomic mass is 16.5. The van der Waals surface area contributed by atoms with Gasteiger partial charge in [-0.05, 0) is 18.6 Å². The summed E-state index contributed by atoms with van der Waals surface area (Å²) in [5.41, 5.74) is 9.42. The van der Waals surface area contributed by atoms with Crippen LogP contribution >= 0.6 is 0 Å². The third-order valence-electron chi connectivity index (χ3n) is 3.54. The highest BCUT2D eigenvalue weighted by Crippen LogP contribution is 2.29. The van der Waals surface area contributed by atoms with Gasteiger partial charge >= 0.3 is 0 Å². The standard InChI is InChI=1S/C18H20N4O/c1-2-12-23-17-11-7-6-10-16(17)22-18(15(13-19)20-21-22)14-8-4-3-5-9-14/h3-11H,2,12-13,19H2,1H3. The lowest BCUT2D eigenvalue weighted by Gasteiger charge is -2.13. The van der Waals surface area contributed by atoms with Crippen molar-refractivity contribution < 1.29 is 4.74 Å². The van der Waals surface area contributed by atoms with Gasteiger partial charge < -0.3 is 10.5 Å². The average molecular weight is 308 g/mol. The second-order valence-corrected chi connectivity index (χ2v) is 5.18. The van der Waals surface area contributed by atoms with E-state index in [1.807, 2.05) is 59.3 Å². The van der Waals surface area contributed by atoms with Gasteiger partial charge in [-0.25, -0.2) is 4.68 Å². The Morgan fingerprint density at radius 3 is 2.52 bits per heavy atom. The highest BCUT2D eigenvalue weighted by Gasteiger charge is 2.17. The van der Waals surface area contributed by atoms with Crippen LogP contribution in [0.1, 0.15) is 19.0 Å². The zero-order valence-electron chi connectivity index (χ0n) is 13.1. The largest absolute Gasteiger partial charge is 0.491 e. The number of hydrogen-bond donors (Lipinski definition) is 1. The van der Waals surface area contributed by atoms with Crippen LogP contribution in [-0.2, 0) is 6.54 Å². The summed E-state index contributed by atoms with van der Waals surface area (Å²) >= 11 is 0. The fourth-order valence-electron chi connectivity index (χ4n) is 2.47. The van der Waals surface area contributed by atoms with Crippen LogP contribution in [-0.4, -0.2) is 21.6 Å². The predicted octanol–water partition coefficient (Wildman–Crippen LogP) is 3.18. The smallest absolute Gasteiger partial charge is 0.145 e. The summed E-state index contributed by atoms with van der Waals surface area (Å²) in [4.78, 5) is 0. The summed E-state index contributed by atoms with van der Waals surface area (Å²) in [7, 11) is 0. The molecule has 0 radical (unpaired) electrons. The first-order chi connectivity index (χ1) is 11.3. The molecule has 118 valence electrons. The minimum atomic E-state index is 0.336. The highest BCUT2D eigenvalue weighted by molar-refractivity contribution is 5.65. The van der Waals surface area contributed by atoms with Gasteiger partial charge in [0.25, 0.3) is 0 Å². The average Bonchev–Trinajstić information content (AvgIpc) is 3.04. The van der Waals surface area contributed by atoms with Crippen LogP contribution in [0.4, 0.5) is 0 Å². The van der Waals surface area contributed by atoms with E-state index >= 15 is 0 Å². The van der Waals surface area contributed by atoms with Crippen LogP contribution < -0.4 is 10.5 Å². The normalized spacial score (nSPS) is 10.7. The molecule has 3 aromatic rings. The van der Waals surface area contributed by atoms with E-state index in [1.54, 1.807) is 0 Å². The molecule has 0 aliphatic carbocycles. The molecular weight excluding hydrogens is 288 g/mol. The lowest BCUT2D eigenvalue weighted by atomic mass is 10.1. The van der Waals surface area contributed by atoms with Crippen molar-refractivity contribution in [1.82, 2.24) is 15.0 Å². The first-order valence-corrected chi connectivity index (χ1v) is 7.77. The van der Waals surface area contributed by atoms with Gasteiger partial charge in [-0.3, -0.25) is 0 Å². The molecule has 0 fully saturated rings. The van der Waals surface area contributed by atoms with Gasteiger partial charge in [0.1, 0.15) is 17.1 Å². The predicted molar refractivity (Wildman–Crippen MR) is 90.5 cm³/mol.